The van der Waals surface area contributed by atoms with Crippen molar-refractivity contribution in [1.82, 2.24) is 9.55 Å². The van der Waals surface area contributed by atoms with Crippen LogP contribution in [0, 0.1) is 5.92 Å². The van der Waals surface area contributed by atoms with Gasteiger partial charge in [0, 0.05) is 32.0 Å². The van der Waals surface area contributed by atoms with Gasteiger partial charge in [-0.3, -0.25) is 4.79 Å². The van der Waals surface area contributed by atoms with Crippen molar-refractivity contribution in [2.24, 2.45) is 11.7 Å². The molecule has 0 unspecified atom stereocenters. The van der Waals surface area contributed by atoms with E-state index in [1.165, 1.54) is 0 Å². The Morgan fingerprint density at radius 1 is 1.53 bits per heavy atom. The van der Waals surface area contributed by atoms with Crippen LogP contribution in [0.25, 0.3) is 0 Å². The second kappa shape index (κ2) is 4.14. The van der Waals surface area contributed by atoms with E-state index in [2.05, 4.69) is 18.8 Å². The molecule has 5 heteroatoms. The summed E-state index contributed by atoms with van der Waals surface area (Å²) in [6.45, 7) is 8.25. The molecule has 0 spiro atoms. The lowest BCUT2D eigenvalue weighted by Gasteiger charge is -2.50. The van der Waals surface area contributed by atoms with E-state index < -0.39 is 0 Å². The highest BCUT2D eigenvalue weighted by molar-refractivity contribution is 5.42. The Hall–Kier alpha value is -1.36. The van der Waals surface area contributed by atoms with Gasteiger partial charge in [0.05, 0.1) is 5.54 Å². The Kier molecular flexibility index (Phi) is 2.95. The maximum absolute atomic E-state index is 12.0. The molecule has 1 aliphatic rings. The molecule has 0 saturated carbocycles. The summed E-state index contributed by atoms with van der Waals surface area (Å²) in [5.74, 6) is 0.937. The van der Waals surface area contributed by atoms with Crippen LogP contribution in [0.1, 0.15) is 20.8 Å². The van der Waals surface area contributed by atoms with Crippen molar-refractivity contribution in [3.8, 4) is 0 Å². The van der Waals surface area contributed by atoms with Crippen molar-refractivity contribution in [2.45, 2.75) is 32.9 Å². The Labute approximate surface area is 101 Å². The fourth-order valence-electron chi connectivity index (χ4n) is 2.08. The largest absolute Gasteiger partial charge is 0.348 e. The molecule has 0 bridgehead atoms. The SMILES string of the molecule is CCn1ccnc(N2CC(N)(C(C)C)C2)c1=O. The summed E-state index contributed by atoms with van der Waals surface area (Å²) in [6, 6.07) is 0. The average molecular weight is 236 g/mol. The van der Waals surface area contributed by atoms with Gasteiger partial charge in [0.25, 0.3) is 5.56 Å². The summed E-state index contributed by atoms with van der Waals surface area (Å²) in [7, 11) is 0. The van der Waals surface area contributed by atoms with Crippen molar-refractivity contribution in [3.63, 3.8) is 0 Å². The predicted octanol–water partition coefficient (Wildman–Crippen LogP) is 0.437. The van der Waals surface area contributed by atoms with Crippen LogP contribution in [0.5, 0.6) is 0 Å². The zero-order valence-electron chi connectivity index (χ0n) is 10.7. The molecule has 1 aromatic heterocycles. The lowest BCUT2D eigenvalue weighted by Crippen LogP contribution is -2.71. The van der Waals surface area contributed by atoms with Crippen LogP contribution < -0.4 is 16.2 Å². The molecule has 5 nitrogen and oxygen atoms in total. The molecule has 94 valence electrons. The number of nitrogens with zero attached hydrogens (tertiary/aromatic N) is 3. The number of hydrogen-bond acceptors (Lipinski definition) is 4. The van der Waals surface area contributed by atoms with Crippen LogP contribution in [0.4, 0.5) is 5.82 Å². The molecular formula is C12H20N4O. The molecular weight excluding hydrogens is 216 g/mol. The lowest BCUT2D eigenvalue weighted by atomic mass is 9.80. The number of aryl methyl sites for hydroxylation is 1. The molecule has 1 fully saturated rings. The normalized spacial score (nSPS) is 18.3. The zero-order chi connectivity index (χ0) is 12.6. The summed E-state index contributed by atoms with van der Waals surface area (Å²) in [4.78, 5) is 18.2. The van der Waals surface area contributed by atoms with Crippen LogP contribution in [0.15, 0.2) is 17.2 Å². The first kappa shape index (κ1) is 12.1. The number of aromatic nitrogens is 2. The second-order valence-electron chi connectivity index (χ2n) is 5.09. The summed E-state index contributed by atoms with van der Waals surface area (Å²) in [5.41, 5.74) is 6.01. The molecule has 2 heterocycles. The summed E-state index contributed by atoms with van der Waals surface area (Å²) < 4.78 is 1.66. The Bertz CT molecular complexity index is 460. The minimum absolute atomic E-state index is 0.0270. The molecule has 0 radical (unpaired) electrons. The topological polar surface area (TPSA) is 64.2 Å². The van der Waals surface area contributed by atoms with Gasteiger partial charge in [0.15, 0.2) is 5.82 Å². The molecule has 1 saturated heterocycles. The predicted molar refractivity (Wildman–Crippen MR) is 68.1 cm³/mol. The van der Waals surface area contributed by atoms with Crippen LogP contribution in [-0.2, 0) is 6.54 Å². The average Bonchev–Trinajstić information content (AvgIpc) is 2.25. The first-order chi connectivity index (χ1) is 7.98. The molecule has 0 aliphatic carbocycles. The van der Waals surface area contributed by atoms with E-state index in [0.29, 0.717) is 31.4 Å². The van der Waals surface area contributed by atoms with Crippen molar-refractivity contribution in [3.05, 3.63) is 22.7 Å². The van der Waals surface area contributed by atoms with E-state index in [-0.39, 0.29) is 11.1 Å². The second-order valence-corrected chi connectivity index (χ2v) is 5.09. The third-order valence-electron chi connectivity index (χ3n) is 3.66. The molecule has 0 amide bonds. The Morgan fingerprint density at radius 2 is 2.18 bits per heavy atom. The fourth-order valence-corrected chi connectivity index (χ4v) is 2.08. The molecule has 2 rings (SSSR count). The van der Waals surface area contributed by atoms with E-state index in [9.17, 15) is 4.79 Å². The Balaban J connectivity index is 2.20. The summed E-state index contributed by atoms with van der Waals surface area (Å²) in [6.07, 6.45) is 3.38. The van der Waals surface area contributed by atoms with Gasteiger partial charge in [-0.25, -0.2) is 4.98 Å². The number of rotatable bonds is 3. The van der Waals surface area contributed by atoms with Crippen LogP contribution in [0.2, 0.25) is 0 Å². The molecule has 0 aromatic carbocycles. The summed E-state index contributed by atoms with van der Waals surface area (Å²) in [5, 5.41) is 0. The lowest BCUT2D eigenvalue weighted by molar-refractivity contribution is 0.243. The van der Waals surface area contributed by atoms with Gasteiger partial charge in [0.2, 0.25) is 0 Å². The monoisotopic (exact) mass is 236 g/mol. The van der Waals surface area contributed by atoms with Crippen molar-refractivity contribution in [1.29, 1.82) is 0 Å². The standard InChI is InChI=1S/C12H20N4O/c1-4-15-6-5-14-10(11(15)17)16-7-12(13,8-16)9(2)3/h5-6,9H,4,7-8,13H2,1-3H3. The molecule has 0 atom stereocenters. The highest BCUT2D eigenvalue weighted by Crippen LogP contribution is 2.28. The maximum Gasteiger partial charge on any atom is 0.293 e. The van der Waals surface area contributed by atoms with Crippen molar-refractivity contribution in [2.75, 3.05) is 18.0 Å². The van der Waals surface area contributed by atoms with E-state index >= 15 is 0 Å². The minimum Gasteiger partial charge on any atom is -0.348 e. The van der Waals surface area contributed by atoms with Gasteiger partial charge in [-0.05, 0) is 12.8 Å². The van der Waals surface area contributed by atoms with E-state index in [1.54, 1.807) is 17.0 Å². The van der Waals surface area contributed by atoms with Crippen LogP contribution in [0.3, 0.4) is 0 Å². The van der Waals surface area contributed by atoms with Gasteiger partial charge >= 0.3 is 0 Å². The number of anilines is 1. The van der Waals surface area contributed by atoms with Gasteiger partial charge in [-0.1, -0.05) is 13.8 Å². The molecule has 2 N–H and O–H groups in total. The number of nitrogens with two attached hydrogens (primary N) is 1. The molecule has 1 aromatic rings. The first-order valence-corrected chi connectivity index (χ1v) is 6.07. The smallest absolute Gasteiger partial charge is 0.293 e. The highest BCUT2D eigenvalue weighted by atomic mass is 16.1. The highest BCUT2D eigenvalue weighted by Gasteiger charge is 2.43. The van der Waals surface area contributed by atoms with Crippen LogP contribution >= 0.6 is 0 Å². The Morgan fingerprint density at radius 3 is 2.71 bits per heavy atom. The van der Waals surface area contributed by atoms with Gasteiger partial charge in [-0.15, -0.1) is 0 Å². The van der Waals surface area contributed by atoms with Crippen LogP contribution in [-0.4, -0.2) is 28.2 Å². The molecule has 17 heavy (non-hydrogen) atoms. The fraction of sp³-hybridized carbons (Fsp3) is 0.667. The summed E-state index contributed by atoms with van der Waals surface area (Å²) >= 11 is 0. The van der Waals surface area contributed by atoms with Crippen molar-refractivity contribution < 1.29 is 0 Å². The third-order valence-corrected chi connectivity index (χ3v) is 3.66. The van der Waals surface area contributed by atoms with Gasteiger partial charge in [0.1, 0.15) is 0 Å². The van der Waals surface area contributed by atoms with Gasteiger partial charge in [-0.2, -0.15) is 0 Å². The zero-order valence-corrected chi connectivity index (χ0v) is 10.7. The molecule has 1 aliphatic heterocycles. The van der Waals surface area contributed by atoms with Crippen molar-refractivity contribution >= 4 is 5.82 Å². The van der Waals surface area contributed by atoms with Gasteiger partial charge < -0.3 is 15.2 Å². The third kappa shape index (κ3) is 1.95. The van der Waals surface area contributed by atoms with E-state index in [4.69, 9.17) is 5.73 Å². The quantitative estimate of drug-likeness (QED) is 0.827. The number of hydrogen-bond donors (Lipinski definition) is 1. The maximum atomic E-state index is 12.0. The van der Waals surface area contributed by atoms with E-state index in [1.807, 2.05) is 11.8 Å². The first-order valence-electron chi connectivity index (χ1n) is 6.07. The van der Waals surface area contributed by atoms with E-state index in [0.717, 1.165) is 0 Å². The minimum atomic E-state index is -0.180.